The molecule has 0 saturated carbocycles. The monoisotopic (exact) mass is 532 g/mol. The lowest BCUT2D eigenvalue weighted by atomic mass is 10.0. The molecule has 0 amide bonds. The number of nitrogens with zero attached hydrogens (tertiary/aromatic N) is 2. The van der Waals surface area contributed by atoms with Gasteiger partial charge in [0.1, 0.15) is 0 Å². The van der Waals surface area contributed by atoms with Crippen LogP contribution in [0.4, 0.5) is 0 Å². The molecule has 0 aliphatic heterocycles. The lowest BCUT2D eigenvalue weighted by molar-refractivity contribution is 1.18. The first-order chi connectivity index (χ1) is 20.8. The fraction of sp³-hybridized carbons (Fsp3) is 0. The average molecular weight is 533 g/mol. The third-order valence-corrected chi connectivity index (χ3v) is 9.21. The number of benzene rings is 7. The highest BCUT2D eigenvalue weighted by Crippen LogP contribution is 2.44. The zero-order valence-corrected chi connectivity index (χ0v) is 22.8. The van der Waals surface area contributed by atoms with E-state index in [0.717, 1.165) is 0 Å². The Labute approximate surface area is 241 Å². The van der Waals surface area contributed by atoms with E-state index in [0.29, 0.717) is 0 Å². The maximum Gasteiger partial charge on any atom is 0.0619 e. The van der Waals surface area contributed by atoms with Crippen molar-refractivity contribution in [3.05, 3.63) is 146 Å². The molecule has 0 N–H and O–H groups in total. The van der Waals surface area contributed by atoms with Crippen LogP contribution in [0.5, 0.6) is 0 Å². The fourth-order valence-corrected chi connectivity index (χ4v) is 7.46. The van der Waals surface area contributed by atoms with Crippen molar-refractivity contribution < 1.29 is 0 Å². The number of rotatable bonds is 2. The third kappa shape index (κ3) is 2.78. The van der Waals surface area contributed by atoms with Crippen LogP contribution in [-0.4, -0.2) is 8.97 Å². The Balaban J connectivity index is 1.35. The second-order valence-corrected chi connectivity index (χ2v) is 11.4. The summed E-state index contributed by atoms with van der Waals surface area (Å²) in [7, 11) is 0. The van der Waals surface area contributed by atoms with Crippen molar-refractivity contribution in [3.8, 4) is 16.8 Å². The van der Waals surface area contributed by atoms with Gasteiger partial charge in [-0.2, -0.15) is 0 Å². The van der Waals surface area contributed by atoms with Crippen LogP contribution in [0.15, 0.2) is 146 Å². The second kappa shape index (κ2) is 7.99. The van der Waals surface area contributed by atoms with Crippen molar-refractivity contribution in [2.75, 3.05) is 0 Å². The molecule has 194 valence electrons. The lowest BCUT2D eigenvalue weighted by Crippen LogP contribution is -1.95. The smallest absolute Gasteiger partial charge is 0.0619 e. The van der Waals surface area contributed by atoms with Crippen molar-refractivity contribution in [3.63, 3.8) is 0 Å². The minimum absolute atomic E-state index is 1.17. The number of fused-ring (bicyclic) bond motifs is 6. The molecule has 0 aliphatic carbocycles. The Hall–Kier alpha value is -5.60. The van der Waals surface area contributed by atoms with Crippen molar-refractivity contribution in [1.82, 2.24) is 8.97 Å². The Morgan fingerprint density at radius 1 is 0.357 bits per heavy atom. The van der Waals surface area contributed by atoms with E-state index < -0.39 is 0 Å². The van der Waals surface area contributed by atoms with Gasteiger partial charge < -0.3 is 8.97 Å². The first-order valence-corrected chi connectivity index (χ1v) is 14.5. The highest BCUT2D eigenvalue weighted by molar-refractivity contribution is 6.31. The molecule has 3 heterocycles. The van der Waals surface area contributed by atoms with Gasteiger partial charge in [0.15, 0.2) is 0 Å². The number of para-hydroxylation sites is 2. The zero-order valence-electron chi connectivity index (χ0n) is 22.8. The highest BCUT2D eigenvalue weighted by atomic mass is 15.0. The summed E-state index contributed by atoms with van der Waals surface area (Å²) in [5, 5.41) is 10.3. The Morgan fingerprint density at radius 2 is 0.976 bits per heavy atom. The minimum Gasteiger partial charge on any atom is -0.309 e. The summed E-state index contributed by atoms with van der Waals surface area (Å²) in [5.74, 6) is 0. The zero-order chi connectivity index (χ0) is 27.4. The van der Waals surface area contributed by atoms with E-state index in [4.69, 9.17) is 0 Å². The van der Waals surface area contributed by atoms with E-state index in [2.05, 4.69) is 155 Å². The summed E-state index contributed by atoms with van der Waals surface area (Å²) in [6.07, 6.45) is 0. The van der Waals surface area contributed by atoms with Crippen LogP contribution in [0.2, 0.25) is 0 Å². The summed E-state index contributed by atoms with van der Waals surface area (Å²) in [6, 6.07) is 53.5. The van der Waals surface area contributed by atoms with Gasteiger partial charge >= 0.3 is 0 Å². The quantitative estimate of drug-likeness (QED) is 0.209. The van der Waals surface area contributed by atoms with Gasteiger partial charge in [-0.3, -0.25) is 0 Å². The molecule has 0 radical (unpaired) electrons. The van der Waals surface area contributed by atoms with Crippen molar-refractivity contribution in [2.24, 2.45) is 0 Å². The van der Waals surface area contributed by atoms with E-state index in [1.165, 1.54) is 87.5 Å². The maximum absolute atomic E-state index is 2.50. The first-order valence-electron chi connectivity index (χ1n) is 14.5. The average Bonchev–Trinajstić information content (AvgIpc) is 3.53. The summed E-state index contributed by atoms with van der Waals surface area (Å²) in [4.78, 5) is 0. The van der Waals surface area contributed by atoms with Gasteiger partial charge in [-0.05, 0) is 69.8 Å². The van der Waals surface area contributed by atoms with Gasteiger partial charge in [0.2, 0.25) is 0 Å². The fourth-order valence-electron chi connectivity index (χ4n) is 7.46. The maximum atomic E-state index is 2.50. The van der Waals surface area contributed by atoms with Gasteiger partial charge in [-0.25, -0.2) is 0 Å². The molecule has 0 saturated heterocycles. The van der Waals surface area contributed by atoms with Crippen LogP contribution in [0.25, 0.3) is 87.5 Å². The normalized spacial score (nSPS) is 12.3. The van der Waals surface area contributed by atoms with Gasteiger partial charge in [0, 0.05) is 32.6 Å². The van der Waals surface area contributed by atoms with Crippen LogP contribution in [-0.2, 0) is 0 Å². The molecule has 0 fully saturated rings. The van der Waals surface area contributed by atoms with Crippen molar-refractivity contribution >= 4 is 70.7 Å². The Morgan fingerprint density at radius 3 is 1.90 bits per heavy atom. The summed E-state index contributed by atoms with van der Waals surface area (Å²) >= 11 is 0. The molecule has 42 heavy (non-hydrogen) atoms. The molecular formula is C40H24N2. The molecule has 10 rings (SSSR count). The van der Waals surface area contributed by atoms with E-state index in [1.54, 1.807) is 0 Å². The molecule has 0 aliphatic rings. The molecule has 0 unspecified atom stereocenters. The number of aromatic nitrogens is 2. The molecule has 3 aromatic heterocycles. The van der Waals surface area contributed by atoms with E-state index >= 15 is 0 Å². The van der Waals surface area contributed by atoms with Crippen LogP contribution in [0.3, 0.4) is 0 Å². The summed E-state index contributed by atoms with van der Waals surface area (Å²) in [6.45, 7) is 0. The minimum atomic E-state index is 1.17. The number of hydrogen-bond acceptors (Lipinski definition) is 0. The van der Waals surface area contributed by atoms with Crippen LogP contribution < -0.4 is 0 Å². The predicted molar refractivity (Wildman–Crippen MR) is 178 cm³/mol. The molecule has 0 atom stereocenters. The van der Waals surface area contributed by atoms with Gasteiger partial charge in [0.05, 0.1) is 27.6 Å². The third-order valence-electron chi connectivity index (χ3n) is 9.21. The molecule has 0 bridgehead atoms. The van der Waals surface area contributed by atoms with Crippen LogP contribution in [0, 0.1) is 0 Å². The van der Waals surface area contributed by atoms with Crippen LogP contribution >= 0.6 is 0 Å². The highest BCUT2D eigenvalue weighted by Gasteiger charge is 2.21. The molecule has 7 aromatic carbocycles. The first kappa shape index (κ1) is 22.1. The molecule has 0 spiro atoms. The molecule has 2 nitrogen and oxygen atoms in total. The van der Waals surface area contributed by atoms with Gasteiger partial charge in [-0.1, -0.05) is 103 Å². The largest absolute Gasteiger partial charge is 0.309 e. The summed E-state index contributed by atoms with van der Waals surface area (Å²) in [5.41, 5.74) is 9.86. The lowest BCUT2D eigenvalue weighted by Gasteiger charge is -2.11. The predicted octanol–water partition coefficient (Wildman–Crippen LogP) is 10.8. The molecular weight excluding hydrogens is 508 g/mol. The topological polar surface area (TPSA) is 9.34 Å². The Kier molecular flexibility index (Phi) is 4.21. The van der Waals surface area contributed by atoms with Gasteiger partial charge in [0.25, 0.3) is 0 Å². The van der Waals surface area contributed by atoms with Crippen molar-refractivity contribution in [1.29, 1.82) is 0 Å². The standard InChI is InChI=1S/C40H24N2/c1-2-10-26-23-28(22-21-25(26)9-1)27-11-5-12-29(24-27)41-35-18-7-14-31-33-16-6-15-32-30-13-3-4-17-34(30)42(40(32)33)37-20-8-19-36(41)39(37)38(31)35/h1-24H. The molecule has 10 aromatic rings. The van der Waals surface area contributed by atoms with E-state index in [-0.39, 0.29) is 0 Å². The summed E-state index contributed by atoms with van der Waals surface area (Å²) < 4.78 is 4.96. The Bertz CT molecular complexity index is 2680. The van der Waals surface area contributed by atoms with E-state index in [1.807, 2.05) is 0 Å². The number of hydrogen-bond donors (Lipinski definition) is 0. The van der Waals surface area contributed by atoms with E-state index in [9.17, 15) is 0 Å². The van der Waals surface area contributed by atoms with Crippen molar-refractivity contribution in [2.45, 2.75) is 0 Å². The SMILES string of the molecule is c1cc(-c2ccc3ccccc3c2)cc(-n2c3cccc4c5cccc6c7ccccc7n(c7cccc2c7c43)c56)c1. The van der Waals surface area contributed by atoms with Gasteiger partial charge in [-0.15, -0.1) is 0 Å². The molecule has 2 heteroatoms. The second-order valence-electron chi connectivity index (χ2n) is 11.4. The van der Waals surface area contributed by atoms with Crippen LogP contribution in [0.1, 0.15) is 0 Å².